The van der Waals surface area contributed by atoms with E-state index in [4.69, 9.17) is 16.3 Å². The first kappa shape index (κ1) is 14.8. The predicted octanol–water partition coefficient (Wildman–Crippen LogP) is 4.08. The highest BCUT2D eigenvalue weighted by molar-refractivity contribution is 7.19. The molecule has 2 heterocycles. The Hall–Kier alpha value is -1.10. The summed E-state index contributed by atoms with van der Waals surface area (Å²) in [6, 6.07) is 8.03. The van der Waals surface area contributed by atoms with Gasteiger partial charge in [-0.3, -0.25) is 9.69 Å². The molecular weight excluding hydrogens is 306 g/mol. The Morgan fingerprint density at radius 3 is 3.00 bits per heavy atom. The lowest BCUT2D eigenvalue weighted by Crippen LogP contribution is -2.44. The molecule has 0 N–H and O–H groups in total. The Morgan fingerprint density at radius 1 is 1.43 bits per heavy atom. The van der Waals surface area contributed by atoms with Gasteiger partial charge in [-0.25, -0.2) is 0 Å². The maximum atomic E-state index is 11.9. The molecule has 1 fully saturated rings. The van der Waals surface area contributed by atoms with Crippen molar-refractivity contribution in [2.24, 2.45) is 0 Å². The Labute approximate surface area is 133 Å². The monoisotopic (exact) mass is 323 g/mol. The van der Waals surface area contributed by atoms with Gasteiger partial charge >= 0.3 is 5.97 Å². The molecule has 1 aliphatic heterocycles. The molecule has 0 spiro atoms. The number of benzene rings is 1. The zero-order valence-electron chi connectivity index (χ0n) is 12.0. The number of nitrogens with zero attached hydrogens (tertiary/aromatic N) is 1. The third-order valence-corrected chi connectivity index (χ3v) is 5.73. The smallest absolute Gasteiger partial charge is 0.323 e. The summed E-state index contributed by atoms with van der Waals surface area (Å²) in [6.07, 6.45) is 3.07. The molecule has 1 saturated heterocycles. The number of methoxy groups -OCH3 is 1. The van der Waals surface area contributed by atoms with E-state index in [-0.39, 0.29) is 12.0 Å². The van der Waals surface area contributed by atoms with Crippen LogP contribution in [0.15, 0.2) is 24.3 Å². The quantitative estimate of drug-likeness (QED) is 0.797. The fourth-order valence-corrected chi connectivity index (χ4v) is 4.45. The Bertz CT molecular complexity index is 655. The lowest BCUT2D eigenvalue weighted by atomic mass is 10.0. The fourth-order valence-electron chi connectivity index (χ4n) is 2.93. The zero-order valence-corrected chi connectivity index (χ0v) is 13.5. The third kappa shape index (κ3) is 2.93. The van der Waals surface area contributed by atoms with Crippen LogP contribution in [0.1, 0.15) is 24.1 Å². The number of rotatable bonds is 3. The van der Waals surface area contributed by atoms with E-state index in [0.717, 1.165) is 47.6 Å². The van der Waals surface area contributed by atoms with E-state index in [9.17, 15) is 4.79 Å². The predicted molar refractivity (Wildman–Crippen MR) is 86.9 cm³/mol. The molecule has 1 aromatic heterocycles. The van der Waals surface area contributed by atoms with Crippen LogP contribution in [0.3, 0.4) is 0 Å². The molecule has 0 radical (unpaired) electrons. The summed E-state index contributed by atoms with van der Waals surface area (Å²) in [4.78, 5) is 15.3. The molecule has 112 valence electrons. The van der Waals surface area contributed by atoms with Crippen molar-refractivity contribution in [1.82, 2.24) is 4.90 Å². The van der Waals surface area contributed by atoms with Crippen molar-refractivity contribution in [1.29, 1.82) is 0 Å². The molecule has 0 aliphatic carbocycles. The highest BCUT2D eigenvalue weighted by Gasteiger charge is 2.30. The summed E-state index contributed by atoms with van der Waals surface area (Å²) < 4.78 is 6.13. The SMILES string of the molecule is COC(=O)[C@H]1CCCCN1Cc1sc2ccccc2c1Cl. The van der Waals surface area contributed by atoms with Crippen molar-refractivity contribution in [3.05, 3.63) is 34.2 Å². The van der Waals surface area contributed by atoms with Crippen LogP contribution in [0.4, 0.5) is 0 Å². The highest BCUT2D eigenvalue weighted by Crippen LogP contribution is 2.36. The van der Waals surface area contributed by atoms with E-state index in [0.29, 0.717) is 0 Å². The number of thiophene rings is 1. The van der Waals surface area contributed by atoms with Gasteiger partial charge in [0, 0.05) is 21.5 Å². The molecule has 0 amide bonds. The van der Waals surface area contributed by atoms with E-state index < -0.39 is 0 Å². The second kappa shape index (κ2) is 6.34. The van der Waals surface area contributed by atoms with Gasteiger partial charge < -0.3 is 4.74 Å². The summed E-state index contributed by atoms with van der Waals surface area (Å²) in [5.74, 6) is -0.132. The van der Waals surface area contributed by atoms with Gasteiger partial charge in [-0.15, -0.1) is 11.3 Å². The van der Waals surface area contributed by atoms with Crippen LogP contribution in [-0.2, 0) is 16.1 Å². The number of halogens is 1. The largest absolute Gasteiger partial charge is 0.468 e. The van der Waals surface area contributed by atoms with Crippen LogP contribution < -0.4 is 0 Å². The van der Waals surface area contributed by atoms with Crippen LogP contribution in [-0.4, -0.2) is 30.6 Å². The average Bonchev–Trinajstić information content (AvgIpc) is 2.84. The zero-order chi connectivity index (χ0) is 14.8. The summed E-state index contributed by atoms with van der Waals surface area (Å²) in [5, 5.41) is 1.93. The van der Waals surface area contributed by atoms with Gasteiger partial charge in [0.25, 0.3) is 0 Å². The van der Waals surface area contributed by atoms with Crippen molar-refractivity contribution < 1.29 is 9.53 Å². The van der Waals surface area contributed by atoms with Crippen molar-refractivity contribution in [2.75, 3.05) is 13.7 Å². The Balaban J connectivity index is 1.86. The molecule has 0 bridgehead atoms. The Kier molecular flexibility index (Phi) is 4.48. The van der Waals surface area contributed by atoms with Gasteiger partial charge in [0.05, 0.1) is 12.1 Å². The van der Waals surface area contributed by atoms with Gasteiger partial charge in [0.15, 0.2) is 0 Å². The van der Waals surface area contributed by atoms with Crippen molar-refractivity contribution in [3.8, 4) is 0 Å². The van der Waals surface area contributed by atoms with E-state index in [1.807, 2.05) is 18.2 Å². The van der Waals surface area contributed by atoms with Crippen LogP contribution in [0, 0.1) is 0 Å². The molecule has 1 atom stereocenters. The van der Waals surface area contributed by atoms with Crippen LogP contribution in [0.25, 0.3) is 10.1 Å². The topological polar surface area (TPSA) is 29.5 Å². The minimum absolute atomic E-state index is 0.132. The summed E-state index contributed by atoms with van der Waals surface area (Å²) >= 11 is 8.22. The van der Waals surface area contributed by atoms with E-state index in [1.54, 1.807) is 11.3 Å². The molecule has 2 aromatic rings. The summed E-state index contributed by atoms with van der Waals surface area (Å²) in [7, 11) is 1.46. The summed E-state index contributed by atoms with van der Waals surface area (Å²) in [6.45, 7) is 1.64. The van der Waals surface area contributed by atoms with Crippen molar-refractivity contribution in [3.63, 3.8) is 0 Å². The number of ether oxygens (including phenoxy) is 1. The first-order valence-corrected chi connectivity index (χ1v) is 8.38. The number of esters is 1. The second-order valence-corrected chi connectivity index (χ2v) is 6.86. The van der Waals surface area contributed by atoms with Crippen molar-refractivity contribution in [2.45, 2.75) is 31.8 Å². The number of likely N-dealkylation sites (tertiary alicyclic amines) is 1. The van der Waals surface area contributed by atoms with Crippen LogP contribution >= 0.6 is 22.9 Å². The molecule has 0 unspecified atom stereocenters. The maximum absolute atomic E-state index is 11.9. The normalized spacial score (nSPS) is 19.8. The lowest BCUT2D eigenvalue weighted by Gasteiger charge is -2.33. The number of fused-ring (bicyclic) bond motifs is 1. The molecule has 21 heavy (non-hydrogen) atoms. The van der Waals surface area contributed by atoms with E-state index >= 15 is 0 Å². The number of hydrogen-bond acceptors (Lipinski definition) is 4. The number of carbonyl (C=O) groups excluding carboxylic acids is 1. The van der Waals surface area contributed by atoms with Gasteiger partial charge in [-0.2, -0.15) is 0 Å². The average molecular weight is 324 g/mol. The standard InChI is InChI=1S/C16H18ClNO2S/c1-20-16(19)12-7-4-5-9-18(12)10-14-15(17)11-6-2-3-8-13(11)21-14/h2-3,6,8,12H,4-5,7,9-10H2,1H3/t12-/m1/s1. The molecule has 1 aromatic carbocycles. The third-order valence-electron chi connectivity index (χ3n) is 4.04. The molecular formula is C16H18ClNO2S. The number of piperidine rings is 1. The molecule has 0 saturated carbocycles. The molecule has 1 aliphatic rings. The number of hydrogen-bond donors (Lipinski definition) is 0. The minimum atomic E-state index is -0.134. The number of carbonyl (C=O) groups is 1. The summed E-state index contributed by atoms with van der Waals surface area (Å²) in [5.41, 5.74) is 0. The Morgan fingerprint density at radius 2 is 2.24 bits per heavy atom. The highest BCUT2D eigenvalue weighted by atomic mass is 35.5. The molecule has 3 rings (SSSR count). The van der Waals surface area contributed by atoms with E-state index in [2.05, 4.69) is 11.0 Å². The lowest BCUT2D eigenvalue weighted by molar-refractivity contribution is -0.148. The fraction of sp³-hybridized carbons (Fsp3) is 0.438. The van der Waals surface area contributed by atoms with Crippen LogP contribution in [0.5, 0.6) is 0 Å². The van der Waals surface area contributed by atoms with E-state index in [1.165, 1.54) is 11.8 Å². The maximum Gasteiger partial charge on any atom is 0.323 e. The van der Waals surface area contributed by atoms with Gasteiger partial charge in [-0.1, -0.05) is 36.2 Å². The van der Waals surface area contributed by atoms with Gasteiger partial charge in [-0.05, 0) is 25.5 Å². The first-order chi connectivity index (χ1) is 10.2. The molecule has 5 heteroatoms. The first-order valence-electron chi connectivity index (χ1n) is 7.18. The van der Waals surface area contributed by atoms with Crippen LogP contribution in [0.2, 0.25) is 5.02 Å². The van der Waals surface area contributed by atoms with Gasteiger partial charge in [0.1, 0.15) is 6.04 Å². The molecule has 3 nitrogen and oxygen atoms in total. The van der Waals surface area contributed by atoms with Gasteiger partial charge in [0.2, 0.25) is 0 Å². The minimum Gasteiger partial charge on any atom is -0.468 e. The second-order valence-electron chi connectivity index (χ2n) is 5.34. The van der Waals surface area contributed by atoms with Crippen molar-refractivity contribution >= 4 is 39.0 Å².